The number of aromatic nitrogens is 1. The number of nitrogens with zero attached hydrogens (tertiary/aromatic N) is 2. The standard InChI is InChI=1S/C15H17ClN2/c1-3-7-18-14-5-4-11(16)9-12(14)13-10-17(2)8-6-15(13)18/h3-5,7,9H,6,8,10H2,1-2H3. The summed E-state index contributed by atoms with van der Waals surface area (Å²) in [5, 5.41) is 2.11. The van der Waals surface area contributed by atoms with Gasteiger partial charge < -0.3 is 9.47 Å². The van der Waals surface area contributed by atoms with Crippen LogP contribution in [-0.2, 0) is 13.0 Å². The summed E-state index contributed by atoms with van der Waals surface area (Å²) in [6.45, 7) is 4.19. The Balaban J connectivity index is 2.33. The second kappa shape index (κ2) is 4.45. The lowest BCUT2D eigenvalue weighted by Gasteiger charge is -2.23. The molecular weight excluding hydrogens is 244 g/mol. The predicted octanol–water partition coefficient (Wildman–Crippen LogP) is 3.77. The smallest absolute Gasteiger partial charge is 0.0529 e. The van der Waals surface area contributed by atoms with Gasteiger partial charge in [-0.2, -0.15) is 0 Å². The first kappa shape index (κ1) is 11.8. The van der Waals surface area contributed by atoms with Gasteiger partial charge in [0.15, 0.2) is 0 Å². The molecule has 0 radical (unpaired) electrons. The maximum atomic E-state index is 6.14. The summed E-state index contributed by atoms with van der Waals surface area (Å²) in [6.07, 6.45) is 5.34. The Morgan fingerprint density at radius 1 is 1.33 bits per heavy atom. The first-order valence-electron chi connectivity index (χ1n) is 6.33. The van der Waals surface area contributed by atoms with Gasteiger partial charge >= 0.3 is 0 Å². The molecule has 0 atom stereocenters. The van der Waals surface area contributed by atoms with E-state index in [1.807, 2.05) is 6.07 Å². The third-order valence-electron chi connectivity index (χ3n) is 3.64. The zero-order valence-corrected chi connectivity index (χ0v) is 11.5. The SMILES string of the molecule is CC=Cn1c2c(c3cc(Cl)ccc31)CN(C)CC2. The first-order valence-corrected chi connectivity index (χ1v) is 6.71. The van der Waals surface area contributed by atoms with Crippen molar-refractivity contribution in [2.45, 2.75) is 19.9 Å². The highest BCUT2D eigenvalue weighted by atomic mass is 35.5. The van der Waals surface area contributed by atoms with Gasteiger partial charge in [0.05, 0.1) is 5.52 Å². The summed E-state index contributed by atoms with van der Waals surface area (Å²) in [5.41, 5.74) is 4.13. The van der Waals surface area contributed by atoms with E-state index in [-0.39, 0.29) is 0 Å². The Hall–Kier alpha value is -1.25. The Morgan fingerprint density at radius 2 is 2.17 bits per heavy atom. The molecule has 3 heteroatoms. The van der Waals surface area contributed by atoms with Gasteiger partial charge in [-0.3, -0.25) is 0 Å². The van der Waals surface area contributed by atoms with E-state index in [1.54, 1.807) is 0 Å². The molecule has 18 heavy (non-hydrogen) atoms. The number of halogens is 1. The highest BCUT2D eigenvalue weighted by Crippen LogP contribution is 2.32. The Bertz CT molecular complexity index is 625. The molecule has 0 saturated carbocycles. The van der Waals surface area contributed by atoms with E-state index in [2.05, 4.69) is 47.8 Å². The molecule has 0 fully saturated rings. The number of likely N-dealkylation sites (N-methyl/N-ethyl adjacent to an activating group) is 1. The van der Waals surface area contributed by atoms with Crippen LogP contribution in [-0.4, -0.2) is 23.1 Å². The van der Waals surface area contributed by atoms with Crippen molar-refractivity contribution in [3.05, 3.63) is 40.6 Å². The lowest BCUT2D eigenvalue weighted by Crippen LogP contribution is -2.26. The van der Waals surface area contributed by atoms with Crippen molar-refractivity contribution in [3.63, 3.8) is 0 Å². The summed E-state index contributed by atoms with van der Waals surface area (Å²) in [5.74, 6) is 0. The average Bonchev–Trinajstić information content (AvgIpc) is 2.64. The molecule has 2 heterocycles. The zero-order chi connectivity index (χ0) is 12.7. The quantitative estimate of drug-likeness (QED) is 0.758. The maximum Gasteiger partial charge on any atom is 0.0529 e. The van der Waals surface area contributed by atoms with Crippen LogP contribution in [0.15, 0.2) is 24.3 Å². The first-order chi connectivity index (χ1) is 8.70. The van der Waals surface area contributed by atoms with Crippen LogP contribution in [0.2, 0.25) is 5.02 Å². The van der Waals surface area contributed by atoms with E-state index < -0.39 is 0 Å². The minimum absolute atomic E-state index is 0.816. The van der Waals surface area contributed by atoms with Crippen LogP contribution in [0, 0.1) is 0 Å². The molecular formula is C15H17ClN2. The van der Waals surface area contributed by atoms with Crippen LogP contribution in [0.25, 0.3) is 17.1 Å². The van der Waals surface area contributed by atoms with Gasteiger partial charge in [-0.15, -0.1) is 0 Å². The minimum Gasteiger partial charge on any atom is -0.320 e. The molecule has 1 aliphatic heterocycles. The Morgan fingerprint density at radius 3 is 2.94 bits per heavy atom. The highest BCUT2D eigenvalue weighted by Gasteiger charge is 2.21. The van der Waals surface area contributed by atoms with Crippen molar-refractivity contribution in [3.8, 4) is 0 Å². The molecule has 1 aliphatic rings. The molecule has 0 aliphatic carbocycles. The molecule has 2 nitrogen and oxygen atoms in total. The van der Waals surface area contributed by atoms with E-state index >= 15 is 0 Å². The van der Waals surface area contributed by atoms with Gasteiger partial charge in [0.2, 0.25) is 0 Å². The third kappa shape index (κ3) is 1.76. The van der Waals surface area contributed by atoms with Gasteiger partial charge in [0, 0.05) is 41.8 Å². The molecule has 0 bridgehead atoms. The topological polar surface area (TPSA) is 8.17 Å². The molecule has 94 valence electrons. The second-order valence-corrected chi connectivity index (χ2v) is 5.36. The molecule has 0 unspecified atom stereocenters. The summed E-state index contributed by atoms with van der Waals surface area (Å²) in [7, 11) is 2.17. The summed E-state index contributed by atoms with van der Waals surface area (Å²) in [6, 6.07) is 6.18. The number of hydrogen-bond acceptors (Lipinski definition) is 1. The van der Waals surface area contributed by atoms with Gasteiger partial charge in [0.25, 0.3) is 0 Å². The van der Waals surface area contributed by atoms with Crippen LogP contribution in [0.4, 0.5) is 0 Å². The van der Waals surface area contributed by atoms with Crippen molar-refractivity contribution in [2.24, 2.45) is 0 Å². The number of fused-ring (bicyclic) bond motifs is 3. The van der Waals surface area contributed by atoms with Gasteiger partial charge in [-0.05, 0) is 37.7 Å². The second-order valence-electron chi connectivity index (χ2n) is 4.93. The molecule has 0 spiro atoms. The average molecular weight is 261 g/mol. The van der Waals surface area contributed by atoms with Gasteiger partial charge in [0.1, 0.15) is 0 Å². The van der Waals surface area contributed by atoms with Crippen molar-refractivity contribution >= 4 is 28.7 Å². The molecule has 0 amide bonds. The van der Waals surface area contributed by atoms with Gasteiger partial charge in [-0.1, -0.05) is 17.7 Å². The van der Waals surface area contributed by atoms with Crippen molar-refractivity contribution < 1.29 is 0 Å². The number of hydrogen-bond donors (Lipinski definition) is 0. The lowest BCUT2D eigenvalue weighted by atomic mass is 10.1. The van der Waals surface area contributed by atoms with Gasteiger partial charge in [-0.25, -0.2) is 0 Å². The van der Waals surface area contributed by atoms with Crippen LogP contribution >= 0.6 is 11.6 Å². The van der Waals surface area contributed by atoms with Crippen LogP contribution in [0.5, 0.6) is 0 Å². The normalized spacial score (nSPS) is 16.6. The largest absolute Gasteiger partial charge is 0.320 e. The number of benzene rings is 1. The van der Waals surface area contributed by atoms with E-state index in [1.165, 1.54) is 22.2 Å². The number of rotatable bonds is 1. The predicted molar refractivity (Wildman–Crippen MR) is 78.0 cm³/mol. The maximum absolute atomic E-state index is 6.14. The Labute approximate surface area is 112 Å². The van der Waals surface area contributed by atoms with E-state index in [9.17, 15) is 0 Å². The van der Waals surface area contributed by atoms with Crippen molar-refractivity contribution in [1.29, 1.82) is 0 Å². The van der Waals surface area contributed by atoms with E-state index in [4.69, 9.17) is 11.6 Å². The fourth-order valence-electron chi connectivity index (χ4n) is 2.82. The fourth-order valence-corrected chi connectivity index (χ4v) is 2.99. The molecule has 1 aromatic heterocycles. The van der Waals surface area contributed by atoms with Crippen LogP contribution < -0.4 is 0 Å². The fraction of sp³-hybridized carbons (Fsp3) is 0.333. The third-order valence-corrected chi connectivity index (χ3v) is 3.87. The lowest BCUT2D eigenvalue weighted by molar-refractivity contribution is 0.312. The van der Waals surface area contributed by atoms with Crippen LogP contribution in [0.1, 0.15) is 18.2 Å². The minimum atomic E-state index is 0.816. The molecule has 3 rings (SSSR count). The van der Waals surface area contributed by atoms with E-state index in [0.29, 0.717) is 0 Å². The highest BCUT2D eigenvalue weighted by molar-refractivity contribution is 6.31. The van der Waals surface area contributed by atoms with Crippen molar-refractivity contribution in [1.82, 2.24) is 9.47 Å². The molecule has 0 saturated heterocycles. The monoisotopic (exact) mass is 260 g/mol. The summed E-state index contributed by atoms with van der Waals surface area (Å²) < 4.78 is 2.31. The zero-order valence-electron chi connectivity index (χ0n) is 10.8. The van der Waals surface area contributed by atoms with Crippen molar-refractivity contribution in [2.75, 3.05) is 13.6 Å². The summed E-state index contributed by atoms with van der Waals surface area (Å²) >= 11 is 6.14. The molecule has 0 N–H and O–H groups in total. The van der Waals surface area contributed by atoms with E-state index in [0.717, 1.165) is 24.5 Å². The molecule has 1 aromatic carbocycles. The molecule has 2 aromatic rings. The number of allylic oxidation sites excluding steroid dienone is 1. The van der Waals surface area contributed by atoms with Crippen LogP contribution in [0.3, 0.4) is 0 Å². The Kier molecular flexibility index (Phi) is 2.92. The summed E-state index contributed by atoms with van der Waals surface area (Å²) in [4.78, 5) is 2.36.